The maximum absolute atomic E-state index is 8.25. The molecule has 0 N–H and O–H groups in total. The molecular weight excluding hydrogens is 374 g/mol. The first-order chi connectivity index (χ1) is 1.73. The Bertz CT molecular complexity index is 33.8. The van der Waals surface area contributed by atoms with E-state index in [1.807, 2.05) is 0 Å². The summed E-state index contributed by atoms with van der Waals surface area (Å²) in [5, 5.41) is 14.8. The summed E-state index contributed by atoms with van der Waals surface area (Å²) in [6.45, 7) is 0. The van der Waals surface area contributed by atoms with E-state index in [4.69, 9.17) is 15.3 Å². The van der Waals surface area contributed by atoms with Gasteiger partial charge in [-0.1, -0.05) is 0 Å². The number of rotatable bonds is 0. The van der Waals surface area contributed by atoms with Gasteiger partial charge in [-0.3, -0.25) is 0 Å². The minimum atomic E-state index is -1.75. The number of hydrogen-bond donors (Lipinski definition) is 0. The minimum Gasteiger partial charge on any atom is -0.356 e. The molecule has 0 aromatic heterocycles. The van der Waals surface area contributed by atoms with Crippen molar-refractivity contribution in [3.05, 3.63) is 15.3 Å². The van der Waals surface area contributed by atoms with Gasteiger partial charge in [-0.2, -0.15) is 0 Å². The first kappa shape index (κ1) is 15.8. The predicted octanol–water partition coefficient (Wildman–Crippen LogP) is -0.622. The van der Waals surface area contributed by atoms with Gasteiger partial charge in [0.25, 0.3) is 0 Å². The normalized spacial score (nSPS) is 4.00. The molecule has 0 aliphatic rings. The number of hydrogen-bond acceptors (Lipinski definition) is 3. The zero-order chi connectivity index (χ0) is 3.58. The molecule has 0 saturated heterocycles. The SMILES string of the molecule is O=[N+]([O-])[O-].[Ag].[Tl]. The van der Waals surface area contributed by atoms with E-state index >= 15 is 0 Å². The molecule has 4 nitrogen and oxygen atoms in total. The topological polar surface area (TPSA) is 66.2 Å². The van der Waals surface area contributed by atoms with Gasteiger partial charge in [0.1, 0.15) is 0 Å². The van der Waals surface area contributed by atoms with Crippen molar-refractivity contribution in [2.24, 2.45) is 0 Å². The molecule has 2 radical (unpaired) electrons. The van der Waals surface area contributed by atoms with Gasteiger partial charge in [-0.05, 0) is 0 Å². The van der Waals surface area contributed by atoms with Gasteiger partial charge in [-0.25, -0.2) is 0 Å². The summed E-state index contributed by atoms with van der Waals surface area (Å²) in [6, 6.07) is 0. The van der Waals surface area contributed by atoms with Crippen LogP contribution in [0.5, 0.6) is 0 Å². The summed E-state index contributed by atoms with van der Waals surface area (Å²) < 4.78 is 0. The molecule has 0 fully saturated rings. The second kappa shape index (κ2) is 9.29. The largest absolute Gasteiger partial charge is 0.356 e. The molecule has 0 atom stereocenters. The van der Waals surface area contributed by atoms with Gasteiger partial charge in [-0.15, -0.1) is 0 Å². The van der Waals surface area contributed by atoms with E-state index in [1.54, 1.807) is 0 Å². The molecule has 0 heterocycles. The molecule has 0 spiro atoms. The van der Waals surface area contributed by atoms with Gasteiger partial charge in [0.2, 0.25) is 0 Å². The summed E-state index contributed by atoms with van der Waals surface area (Å²) in [6.07, 6.45) is 0. The zero-order valence-corrected chi connectivity index (χ0v) is 8.52. The third kappa shape index (κ3) is 97.5. The predicted molar refractivity (Wildman–Crippen MR) is 16.1 cm³/mol. The van der Waals surface area contributed by atoms with Crippen LogP contribution in [0.4, 0.5) is 0 Å². The molecule has 0 aromatic carbocycles. The van der Waals surface area contributed by atoms with E-state index in [-0.39, 0.29) is 49.7 Å². The molecule has 0 aromatic rings. The number of nitrogens with zero attached hydrogens (tertiary/aromatic N) is 1. The van der Waals surface area contributed by atoms with Crippen molar-refractivity contribution in [3.8, 4) is 0 Å². The molecule has 6 heteroatoms. The molecule has 0 aliphatic heterocycles. The molecule has 0 bridgehead atoms. The first-order valence-electron chi connectivity index (χ1n) is 0.548. The van der Waals surface area contributed by atoms with Crippen LogP contribution in [0.15, 0.2) is 0 Å². The standard InChI is InChI=1S/Ag.NO3.Tl/c;2-1(3)4;/q;-1;. The van der Waals surface area contributed by atoms with Crippen molar-refractivity contribution in [2.75, 3.05) is 0 Å². The molecule has 0 amide bonds. The Hall–Kier alpha value is 0.862. The van der Waals surface area contributed by atoms with Crippen LogP contribution < -0.4 is 0 Å². The minimum absolute atomic E-state index is 0. The third-order valence-corrected chi connectivity index (χ3v) is 0. The smallest absolute Gasteiger partial charge is 0.0689 e. The van der Waals surface area contributed by atoms with E-state index in [2.05, 4.69) is 0 Å². The Morgan fingerprint density at radius 3 is 1.33 bits per heavy atom. The molecule has 38 valence electrons. The summed E-state index contributed by atoms with van der Waals surface area (Å²) >= 11 is 0. The van der Waals surface area contributed by atoms with E-state index in [1.165, 1.54) is 0 Å². The van der Waals surface area contributed by atoms with Crippen molar-refractivity contribution < 1.29 is 27.5 Å². The van der Waals surface area contributed by atoms with Gasteiger partial charge in [0.15, 0.2) is 0 Å². The van der Waals surface area contributed by atoms with Crippen LogP contribution in [-0.2, 0) is 22.4 Å². The van der Waals surface area contributed by atoms with Crippen LogP contribution in [0.1, 0.15) is 0 Å². The van der Waals surface area contributed by atoms with Gasteiger partial charge < -0.3 is 15.3 Å². The van der Waals surface area contributed by atoms with E-state index in [9.17, 15) is 0 Å². The van der Waals surface area contributed by atoms with Crippen molar-refractivity contribution in [3.63, 3.8) is 0 Å². The fourth-order valence-corrected chi connectivity index (χ4v) is 0. The Morgan fingerprint density at radius 1 is 1.33 bits per heavy atom. The zero-order valence-electron chi connectivity index (χ0n) is 2.55. The van der Waals surface area contributed by atoms with Crippen molar-refractivity contribution in [1.82, 2.24) is 0 Å². The second-order valence-corrected chi connectivity index (χ2v) is 0.224. The van der Waals surface area contributed by atoms with Crippen LogP contribution >= 0.6 is 0 Å². The van der Waals surface area contributed by atoms with Crippen LogP contribution in [-0.4, -0.2) is 32.4 Å². The van der Waals surface area contributed by atoms with Gasteiger partial charge in [0.05, 0.1) is 5.09 Å². The molecule has 0 aliphatic carbocycles. The Kier molecular flexibility index (Phi) is 24.5. The molecule has 0 unspecified atom stereocenters. The monoisotopic (exact) mass is 374 g/mol. The van der Waals surface area contributed by atoms with E-state index in [0.717, 1.165) is 0 Å². The van der Waals surface area contributed by atoms with Crippen LogP contribution in [0.25, 0.3) is 0 Å². The Morgan fingerprint density at radius 2 is 1.33 bits per heavy atom. The summed E-state index contributed by atoms with van der Waals surface area (Å²) in [5.74, 6) is 0. The first-order valence-corrected chi connectivity index (χ1v) is 0.548. The van der Waals surface area contributed by atoms with Crippen molar-refractivity contribution in [1.29, 1.82) is 0 Å². The van der Waals surface area contributed by atoms with Crippen LogP contribution in [0.2, 0.25) is 0 Å². The maximum atomic E-state index is 8.25. The summed E-state index contributed by atoms with van der Waals surface area (Å²) in [5.41, 5.74) is 0. The summed E-state index contributed by atoms with van der Waals surface area (Å²) in [7, 11) is 0. The van der Waals surface area contributed by atoms with E-state index < -0.39 is 5.09 Å². The fraction of sp³-hybridized carbons (Fsp3) is 0. The van der Waals surface area contributed by atoms with Gasteiger partial charge >= 0.3 is 0 Å². The van der Waals surface area contributed by atoms with Gasteiger partial charge in [0, 0.05) is 49.7 Å². The van der Waals surface area contributed by atoms with Crippen molar-refractivity contribution >= 4 is 27.3 Å². The molecule has 0 saturated carbocycles. The Labute approximate surface area is 69.7 Å². The maximum Gasteiger partial charge on any atom is 0.0689 e. The average Bonchev–Trinajstić information content (AvgIpc) is 0.811. The molecule has 6 heavy (non-hydrogen) atoms. The van der Waals surface area contributed by atoms with E-state index in [0.29, 0.717) is 0 Å². The Balaban J connectivity index is -0.0000000450. The average molecular weight is 374 g/mol. The fourth-order valence-electron chi connectivity index (χ4n) is 0. The van der Waals surface area contributed by atoms with Crippen LogP contribution in [0, 0.1) is 15.3 Å². The quantitative estimate of drug-likeness (QED) is 0.323. The third-order valence-electron chi connectivity index (χ3n) is 0. The second-order valence-electron chi connectivity index (χ2n) is 0.224. The molecule has 0 rings (SSSR count). The van der Waals surface area contributed by atoms with Crippen molar-refractivity contribution in [2.45, 2.75) is 0 Å². The molecular formula is AgNO3Tl-. The van der Waals surface area contributed by atoms with Crippen LogP contribution in [0.3, 0.4) is 0 Å². The summed E-state index contributed by atoms with van der Waals surface area (Å²) in [4.78, 5) is 8.25.